The molecule has 0 bridgehead atoms. The lowest BCUT2D eigenvalue weighted by Gasteiger charge is -2.35. The molecule has 18 heavy (non-hydrogen) atoms. The van der Waals surface area contributed by atoms with Gasteiger partial charge in [0.2, 0.25) is 10.0 Å². The van der Waals surface area contributed by atoms with Crippen LogP contribution in [0.1, 0.15) is 41.0 Å². The zero-order chi connectivity index (χ0) is 13.9. The molecule has 0 saturated carbocycles. The molecule has 1 fully saturated rings. The van der Waals surface area contributed by atoms with Crippen LogP contribution in [0.2, 0.25) is 0 Å². The first-order valence-corrected chi connectivity index (χ1v) is 8.46. The fraction of sp³-hybridized carbons (Fsp3) is 1.00. The maximum Gasteiger partial charge on any atom is 0.217 e. The number of hydrogen-bond acceptors (Lipinski definition) is 3. The second kappa shape index (κ2) is 6.35. The second-order valence-corrected chi connectivity index (χ2v) is 8.53. The fourth-order valence-corrected chi connectivity index (χ4v) is 4.32. The molecule has 1 rings (SSSR count). The van der Waals surface area contributed by atoms with E-state index in [0.29, 0.717) is 37.5 Å². The van der Waals surface area contributed by atoms with E-state index in [-0.39, 0.29) is 5.25 Å². The molecule has 0 radical (unpaired) electrons. The lowest BCUT2D eigenvalue weighted by molar-refractivity contribution is 0.221. The summed E-state index contributed by atoms with van der Waals surface area (Å²) in [6, 6.07) is 0.321. The summed E-state index contributed by atoms with van der Waals surface area (Å²) in [6.07, 6.45) is 1.13. The number of nitrogens with zero attached hydrogens (tertiary/aromatic N) is 1. The molecule has 1 heterocycles. The zero-order valence-corrected chi connectivity index (χ0v) is 13.1. The third-order valence-corrected chi connectivity index (χ3v) is 5.72. The monoisotopic (exact) mass is 276 g/mol. The average Bonchev–Trinajstić information content (AvgIpc) is 2.24. The van der Waals surface area contributed by atoms with Gasteiger partial charge < -0.3 is 5.32 Å². The van der Waals surface area contributed by atoms with E-state index in [1.807, 2.05) is 13.8 Å². The molecule has 0 aromatic carbocycles. The summed E-state index contributed by atoms with van der Waals surface area (Å²) in [6.45, 7) is 12.0. The quantitative estimate of drug-likeness (QED) is 0.831. The molecule has 108 valence electrons. The van der Waals surface area contributed by atoms with E-state index >= 15 is 0 Å². The fourth-order valence-electron chi connectivity index (χ4n) is 2.57. The van der Waals surface area contributed by atoms with Crippen LogP contribution in [-0.2, 0) is 10.0 Å². The highest BCUT2D eigenvalue weighted by Crippen LogP contribution is 2.24. The number of piperidine rings is 1. The Hall–Kier alpha value is -0.130. The Morgan fingerprint density at radius 3 is 2.11 bits per heavy atom. The van der Waals surface area contributed by atoms with Crippen LogP contribution in [-0.4, -0.2) is 43.6 Å². The predicted molar refractivity (Wildman–Crippen MR) is 76.0 cm³/mol. The molecule has 0 spiro atoms. The van der Waals surface area contributed by atoms with Crippen molar-refractivity contribution in [2.24, 2.45) is 11.8 Å². The molecule has 1 aliphatic heterocycles. The summed E-state index contributed by atoms with van der Waals surface area (Å²) in [4.78, 5) is 0. The van der Waals surface area contributed by atoms with Gasteiger partial charge in [-0.15, -0.1) is 0 Å². The van der Waals surface area contributed by atoms with E-state index in [1.165, 1.54) is 0 Å². The Morgan fingerprint density at radius 1 is 1.17 bits per heavy atom. The third kappa shape index (κ3) is 4.21. The van der Waals surface area contributed by atoms with Gasteiger partial charge in [0.15, 0.2) is 0 Å². The van der Waals surface area contributed by atoms with Crippen molar-refractivity contribution >= 4 is 10.0 Å². The van der Waals surface area contributed by atoms with E-state index in [2.05, 4.69) is 19.2 Å². The molecule has 0 amide bonds. The Morgan fingerprint density at radius 2 is 1.67 bits per heavy atom. The molecule has 0 aromatic rings. The van der Waals surface area contributed by atoms with Gasteiger partial charge in [-0.25, -0.2) is 12.7 Å². The van der Waals surface area contributed by atoms with E-state index < -0.39 is 10.0 Å². The summed E-state index contributed by atoms with van der Waals surface area (Å²) in [5.41, 5.74) is 0. The first-order valence-electron chi connectivity index (χ1n) is 6.95. The summed E-state index contributed by atoms with van der Waals surface area (Å²) in [7, 11) is -3.15. The predicted octanol–water partition coefficient (Wildman–Crippen LogP) is 1.68. The minimum Gasteiger partial charge on any atom is -0.313 e. The van der Waals surface area contributed by atoms with Crippen LogP contribution < -0.4 is 5.32 Å². The smallest absolute Gasteiger partial charge is 0.217 e. The van der Waals surface area contributed by atoms with Gasteiger partial charge in [-0.1, -0.05) is 27.7 Å². The van der Waals surface area contributed by atoms with Crippen LogP contribution in [0.3, 0.4) is 0 Å². The van der Waals surface area contributed by atoms with Crippen molar-refractivity contribution in [3.63, 3.8) is 0 Å². The van der Waals surface area contributed by atoms with Gasteiger partial charge in [-0.05, 0) is 25.2 Å². The van der Waals surface area contributed by atoms with E-state index in [9.17, 15) is 8.42 Å². The van der Waals surface area contributed by atoms with Crippen LogP contribution in [0.25, 0.3) is 0 Å². The van der Waals surface area contributed by atoms with Crippen LogP contribution in [0.4, 0.5) is 0 Å². The molecule has 1 saturated heterocycles. The molecule has 5 heteroatoms. The van der Waals surface area contributed by atoms with Crippen LogP contribution in [0.15, 0.2) is 0 Å². The summed E-state index contributed by atoms with van der Waals surface area (Å²) < 4.78 is 26.6. The average molecular weight is 276 g/mol. The lowest BCUT2D eigenvalue weighted by Crippen LogP contribution is -2.48. The third-order valence-electron chi connectivity index (χ3n) is 3.52. The van der Waals surface area contributed by atoms with Crippen LogP contribution in [0, 0.1) is 11.8 Å². The Balaban J connectivity index is 2.67. The van der Waals surface area contributed by atoms with Gasteiger partial charge in [0, 0.05) is 25.7 Å². The number of sulfonamides is 1. The van der Waals surface area contributed by atoms with E-state index in [4.69, 9.17) is 0 Å². The zero-order valence-electron chi connectivity index (χ0n) is 12.3. The molecule has 4 nitrogen and oxygen atoms in total. The summed E-state index contributed by atoms with van der Waals surface area (Å²) in [5, 5.41) is 2.86. The van der Waals surface area contributed by atoms with Crippen molar-refractivity contribution in [1.82, 2.24) is 9.62 Å². The molecule has 0 aromatic heterocycles. The van der Waals surface area contributed by atoms with Crippen molar-refractivity contribution in [2.45, 2.75) is 52.3 Å². The highest BCUT2D eigenvalue weighted by Gasteiger charge is 2.33. The first kappa shape index (κ1) is 15.9. The molecular weight excluding hydrogens is 248 g/mol. The molecule has 1 N–H and O–H groups in total. The largest absolute Gasteiger partial charge is 0.313 e. The Kier molecular flexibility index (Phi) is 5.62. The van der Waals surface area contributed by atoms with Gasteiger partial charge in [0.25, 0.3) is 0 Å². The van der Waals surface area contributed by atoms with E-state index in [0.717, 1.165) is 6.42 Å². The molecule has 1 aliphatic rings. The highest BCUT2D eigenvalue weighted by atomic mass is 32.2. The molecule has 3 unspecified atom stereocenters. The number of rotatable bonds is 5. The lowest BCUT2D eigenvalue weighted by atomic mass is 9.94. The van der Waals surface area contributed by atoms with Crippen molar-refractivity contribution in [3.05, 3.63) is 0 Å². The van der Waals surface area contributed by atoms with Gasteiger partial charge >= 0.3 is 0 Å². The Bertz CT molecular complexity index is 344. The van der Waals surface area contributed by atoms with Gasteiger partial charge in [-0.3, -0.25) is 0 Å². The van der Waals surface area contributed by atoms with E-state index in [1.54, 1.807) is 11.2 Å². The standard InChI is InChI=1S/C13H28N2O2S/c1-10(2)14-7-13(5)18(16,17)15-8-11(3)6-12(4)9-15/h10-14H,6-9H2,1-5H3. The molecule has 0 aliphatic carbocycles. The summed E-state index contributed by atoms with van der Waals surface area (Å²) >= 11 is 0. The maximum absolute atomic E-state index is 12.5. The topological polar surface area (TPSA) is 49.4 Å². The minimum absolute atomic E-state index is 0.321. The van der Waals surface area contributed by atoms with Crippen molar-refractivity contribution in [1.29, 1.82) is 0 Å². The minimum atomic E-state index is -3.15. The van der Waals surface area contributed by atoms with Crippen molar-refractivity contribution < 1.29 is 8.42 Å². The maximum atomic E-state index is 12.5. The number of nitrogens with one attached hydrogen (secondary N) is 1. The first-order chi connectivity index (χ1) is 8.23. The molecule has 3 atom stereocenters. The van der Waals surface area contributed by atoms with Gasteiger partial charge in [-0.2, -0.15) is 0 Å². The van der Waals surface area contributed by atoms with Gasteiger partial charge in [0.1, 0.15) is 0 Å². The normalized spacial score (nSPS) is 28.6. The molecular formula is C13H28N2O2S. The van der Waals surface area contributed by atoms with Crippen LogP contribution >= 0.6 is 0 Å². The highest BCUT2D eigenvalue weighted by molar-refractivity contribution is 7.89. The number of hydrogen-bond donors (Lipinski definition) is 1. The second-order valence-electron chi connectivity index (χ2n) is 6.18. The Labute approximate surface area is 112 Å². The SMILES string of the molecule is CC1CC(C)CN(S(=O)(=O)C(C)CNC(C)C)C1. The van der Waals surface area contributed by atoms with Gasteiger partial charge in [0.05, 0.1) is 5.25 Å². The summed E-state index contributed by atoms with van der Waals surface area (Å²) in [5.74, 6) is 0.933. The van der Waals surface area contributed by atoms with Crippen molar-refractivity contribution in [3.8, 4) is 0 Å². The van der Waals surface area contributed by atoms with Crippen LogP contribution in [0.5, 0.6) is 0 Å². The van der Waals surface area contributed by atoms with Crippen molar-refractivity contribution in [2.75, 3.05) is 19.6 Å².